The second-order valence-electron chi connectivity index (χ2n) is 5.56. The van der Waals surface area contributed by atoms with Crippen LogP contribution in [0.15, 0.2) is 59.2 Å². The van der Waals surface area contributed by atoms with E-state index in [2.05, 4.69) is 31.7 Å². The summed E-state index contributed by atoms with van der Waals surface area (Å²) in [7, 11) is 0. The molecule has 7 nitrogen and oxygen atoms in total. The first kappa shape index (κ1) is 17.7. The minimum Gasteiger partial charge on any atom is -0.351 e. The van der Waals surface area contributed by atoms with Crippen LogP contribution in [-0.4, -0.2) is 21.7 Å². The molecule has 0 bridgehead atoms. The van der Waals surface area contributed by atoms with Crippen LogP contribution in [0.5, 0.6) is 0 Å². The van der Waals surface area contributed by atoms with E-state index < -0.39 is 6.03 Å². The van der Waals surface area contributed by atoms with Gasteiger partial charge in [0.2, 0.25) is 0 Å². The number of anilines is 2. The highest BCUT2D eigenvalue weighted by atomic mass is 79.9. The minimum atomic E-state index is -0.667. The lowest BCUT2D eigenvalue weighted by atomic mass is 10.2. The van der Waals surface area contributed by atoms with Crippen molar-refractivity contribution in [3.8, 4) is 5.69 Å². The van der Waals surface area contributed by atoms with Crippen LogP contribution in [0.25, 0.3) is 5.69 Å². The van der Waals surface area contributed by atoms with E-state index in [0.29, 0.717) is 16.9 Å². The van der Waals surface area contributed by atoms with Gasteiger partial charge in [-0.15, -0.1) is 0 Å². The molecule has 0 fully saturated rings. The Hall–Kier alpha value is -3.13. The quantitative estimate of drug-likeness (QED) is 0.607. The number of rotatable bonds is 4. The molecule has 0 aliphatic rings. The highest BCUT2D eigenvalue weighted by Crippen LogP contribution is 2.19. The van der Waals surface area contributed by atoms with Gasteiger partial charge in [-0.1, -0.05) is 22.0 Å². The van der Waals surface area contributed by atoms with E-state index in [1.54, 1.807) is 28.9 Å². The highest BCUT2D eigenvalue weighted by Gasteiger charge is 2.15. The van der Waals surface area contributed by atoms with Crippen LogP contribution in [0.4, 0.5) is 16.2 Å². The fourth-order valence-corrected chi connectivity index (χ4v) is 2.75. The largest absolute Gasteiger partial charge is 0.351 e. The molecule has 0 aliphatic carbocycles. The van der Waals surface area contributed by atoms with E-state index in [1.807, 2.05) is 31.2 Å². The molecular weight excluding hydrogens is 398 g/mol. The Morgan fingerprint density at radius 1 is 1.08 bits per heavy atom. The van der Waals surface area contributed by atoms with Gasteiger partial charge in [0.05, 0.1) is 23.1 Å². The topological polar surface area (TPSA) is 102 Å². The third-order valence-electron chi connectivity index (χ3n) is 3.71. The number of nitrogens with two attached hydrogens (primary N) is 1. The van der Waals surface area contributed by atoms with Gasteiger partial charge in [0.1, 0.15) is 0 Å². The van der Waals surface area contributed by atoms with Gasteiger partial charge >= 0.3 is 6.03 Å². The normalized spacial score (nSPS) is 10.4. The monoisotopic (exact) mass is 413 g/mol. The van der Waals surface area contributed by atoms with Crippen molar-refractivity contribution in [3.63, 3.8) is 0 Å². The predicted molar refractivity (Wildman–Crippen MR) is 104 cm³/mol. The molecule has 26 heavy (non-hydrogen) atoms. The van der Waals surface area contributed by atoms with E-state index in [-0.39, 0.29) is 5.91 Å². The van der Waals surface area contributed by atoms with E-state index in [0.717, 1.165) is 15.9 Å². The van der Waals surface area contributed by atoms with Crippen molar-refractivity contribution >= 4 is 39.2 Å². The van der Waals surface area contributed by atoms with Gasteiger partial charge < -0.3 is 16.4 Å². The molecule has 0 atom stereocenters. The summed E-state index contributed by atoms with van der Waals surface area (Å²) in [6.07, 6.45) is 1.53. The Bertz CT molecular complexity index is 966. The fourth-order valence-electron chi connectivity index (χ4n) is 2.49. The Morgan fingerprint density at radius 3 is 2.38 bits per heavy atom. The number of primary amides is 1. The first-order valence-corrected chi connectivity index (χ1v) is 8.52. The number of nitrogens with one attached hydrogen (secondary N) is 2. The lowest BCUT2D eigenvalue weighted by molar-refractivity contribution is 0.102. The Morgan fingerprint density at radius 2 is 1.73 bits per heavy atom. The molecule has 4 N–H and O–H groups in total. The smallest absolute Gasteiger partial charge is 0.316 e. The van der Waals surface area contributed by atoms with Crippen LogP contribution in [0.1, 0.15) is 16.1 Å². The number of hydrogen-bond acceptors (Lipinski definition) is 3. The third kappa shape index (κ3) is 3.92. The van der Waals surface area contributed by atoms with Gasteiger partial charge in [-0.05, 0) is 49.4 Å². The van der Waals surface area contributed by atoms with Crippen LogP contribution >= 0.6 is 15.9 Å². The Balaban J connectivity index is 1.81. The van der Waals surface area contributed by atoms with Crippen molar-refractivity contribution in [3.05, 3.63) is 70.5 Å². The standard InChI is InChI=1S/C18H16BrN5O2/c1-11-16(10-21-24(11)15-7-5-12(19)6-8-15)17(25)22-13-3-2-4-14(9-13)23-18(20)26/h2-10H,1H3,(H,22,25)(H3,20,23,26). The van der Waals surface area contributed by atoms with Crippen LogP contribution in [0.2, 0.25) is 0 Å². The van der Waals surface area contributed by atoms with Gasteiger partial charge in [-0.3, -0.25) is 4.79 Å². The molecule has 3 amide bonds. The van der Waals surface area contributed by atoms with Crippen molar-refractivity contribution in [1.82, 2.24) is 9.78 Å². The summed E-state index contributed by atoms with van der Waals surface area (Å²) in [5, 5.41) is 9.56. The van der Waals surface area contributed by atoms with Gasteiger partial charge in [-0.25, -0.2) is 9.48 Å². The fraction of sp³-hybridized carbons (Fsp3) is 0.0556. The van der Waals surface area contributed by atoms with Crippen molar-refractivity contribution in [1.29, 1.82) is 0 Å². The number of benzene rings is 2. The van der Waals surface area contributed by atoms with Crippen LogP contribution < -0.4 is 16.4 Å². The summed E-state index contributed by atoms with van der Waals surface area (Å²) in [4.78, 5) is 23.5. The first-order chi connectivity index (χ1) is 12.4. The zero-order valence-electron chi connectivity index (χ0n) is 13.9. The minimum absolute atomic E-state index is 0.290. The maximum absolute atomic E-state index is 12.6. The second kappa shape index (κ2) is 7.40. The molecule has 0 spiro atoms. The zero-order chi connectivity index (χ0) is 18.7. The van der Waals surface area contributed by atoms with E-state index in [1.165, 1.54) is 6.20 Å². The van der Waals surface area contributed by atoms with Crippen LogP contribution in [0.3, 0.4) is 0 Å². The second-order valence-corrected chi connectivity index (χ2v) is 6.47. The lowest BCUT2D eigenvalue weighted by Gasteiger charge is -2.08. The molecule has 1 heterocycles. The summed E-state index contributed by atoms with van der Waals surface area (Å²) in [5.41, 5.74) is 8.18. The average molecular weight is 414 g/mol. The summed E-state index contributed by atoms with van der Waals surface area (Å²) in [6.45, 7) is 1.83. The van der Waals surface area contributed by atoms with Crippen molar-refractivity contribution in [2.24, 2.45) is 5.73 Å². The van der Waals surface area contributed by atoms with Crippen molar-refractivity contribution in [2.45, 2.75) is 6.92 Å². The maximum Gasteiger partial charge on any atom is 0.316 e. The molecule has 0 unspecified atom stereocenters. The summed E-state index contributed by atoms with van der Waals surface area (Å²) >= 11 is 3.39. The van der Waals surface area contributed by atoms with Gasteiger partial charge in [0.15, 0.2) is 0 Å². The molecule has 0 radical (unpaired) electrons. The van der Waals surface area contributed by atoms with Crippen LogP contribution in [0, 0.1) is 6.92 Å². The molecule has 132 valence electrons. The van der Waals surface area contributed by atoms with E-state index in [4.69, 9.17) is 5.73 Å². The highest BCUT2D eigenvalue weighted by molar-refractivity contribution is 9.10. The average Bonchev–Trinajstić information content (AvgIpc) is 2.97. The molecule has 1 aromatic heterocycles. The first-order valence-electron chi connectivity index (χ1n) is 7.72. The molecule has 0 aliphatic heterocycles. The SMILES string of the molecule is Cc1c(C(=O)Nc2cccc(NC(N)=O)c2)cnn1-c1ccc(Br)cc1. The number of halogens is 1. The Kier molecular flexibility index (Phi) is 5.04. The molecule has 3 rings (SSSR count). The number of aromatic nitrogens is 2. The number of carbonyl (C=O) groups is 2. The number of amides is 3. The van der Waals surface area contributed by atoms with Gasteiger partial charge in [0, 0.05) is 15.8 Å². The Labute approximate surface area is 158 Å². The maximum atomic E-state index is 12.6. The lowest BCUT2D eigenvalue weighted by Crippen LogP contribution is -2.19. The van der Waals surface area contributed by atoms with Gasteiger partial charge in [0.25, 0.3) is 5.91 Å². The summed E-state index contributed by atoms with van der Waals surface area (Å²) in [5.74, 6) is -0.290. The van der Waals surface area contributed by atoms with Crippen LogP contribution in [-0.2, 0) is 0 Å². The molecule has 8 heteroatoms. The molecule has 2 aromatic carbocycles. The van der Waals surface area contributed by atoms with Crippen molar-refractivity contribution in [2.75, 3.05) is 10.6 Å². The zero-order valence-corrected chi connectivity index (χ0v) is 15.4. The molecule has 0 saturated carbocycles. The summed E-state index contributed by atoms with van der Waals surface area (Å²) in [6, 6.07) is 13.7. The third-order valence-corrected chi connectivity index (χ3v) is 4.24. The number of hydrogen-bond donors (Lipinski definition) is 3. The number of nitrogens with zero attached hydrogens (tertiary/aromatic N) is 2. The van der Waals surface area contributed by atoms with E-state index >= 15 is 0 Å². The number of carbonyl (C=O) groups excluding carboxylic acids is 2. The molecular formula is C18H16BrN5O2. The number of urea groups is 1. The predicted octanol–water partition coefficient (Wildman–Crippen LogP) is 3.69. The summed E-state index contributed by atoms with van der Waals surface area (Å²) < 4.78 is 2.67. The molecule has 3 aromatic rings. The van der Waals surface area contributed by atoms with E-state index in [9.17, 15) is 9.59 Å². The van der Waals surface area contributed by atoms with Crippen molar-refractivity contribution < 1.29 is 9.59 Å². The molecule has 0 saturated heterocycles. The van der Waals surface area contributed by atoms with Gasteiger partial charge in [-0.2, -0.15) is 5.10 Å².